The van der Waals surface area contributed by atoms with E-state index in [9.17, 15) is 9.18 Å². The molecule has 3 rings (SSSR count). The molecule has 0 saturated carbocycles. The first kappa shape index (κ1) is 20.0. The number of aryl methyl sites for hydroxylation is 1. The number of aromatic nitrogens is 1. The number of nitrogens with one attached hydrogen (secondary N) is 1. The normalized spacial score (nSPS) is 13.5. The Morgan fingerprint density at radius 3 is 2.54 bits per heavy atom. The number of benzene rings is 2. The number of pyridine rings is 1. The van der Waals surface area contributed by atoms with Crippen LogP contribution in [0.4, 0.5) is 10.1 Å². The maximum Gasteiger partial charge on any atom is 0.230 e. The van der Waals surface area contributed by atoms with E-state index in [-0.39, 0.29) is 11.7 Å². The van der Waals surface area contributed by atoms with Crippen LogP contribution in [0, 0.1) is 24.1 Å². The molecule has 0 aliphatic heterocycles. The zero-order chi connectivity index (χ0) is 20.3. The molecule has 0 aliphatic carbocycles. The highest BCUT2D eigenvalue weighted by atomic mass is 19.1. The summed E-state index contributed by atoms with van der Waals surface area (Å²) in [7, 11) is 0. The third-order valence-electron chi connectivity index (χ3n) is 5.21. The maximum absolute atomic E-state index is 14.0. The van der Waals surface area contributed by atoms with Crippen molar-refractivity contribution in [2.24, 2.45) is 11.3 Å². The van der Waals surface area contributed by atoms with Crippen LogP contribution in [0.2, 0.25) is 0 Å². The number of hydrogen-bond acceptors (Lipinski definition) is 2. The molecule has 1 N–H and O–H groups in total. The van der Waals surface area contributed by atoms with Crippen LogP contribution < -0.4 is 5.32 Å². The Morgan fingerprint density at radius 1 is 1.14 bits per heavy atom. The van der Waals surface area contributed by atoms with Crippen LogP contribution in [-0.4, -0.2) is 10.9 Å². The molecule has 0 radical (unpaired) electrons. The summed E-state index contributed by atoms with van der Waals surface area (Å²) in [5, 5.41) is 3.78. The van der Waals surface area contributed by atoms with E-state index in [1.54, 1.807) is 12.3 Å². The first-order valence-corrected chi connectivity index (χ1v) is 9.69. The monoisotopic (exact) mass is 378 g/mol. The summed E-state index contributed by atoms with van der Waals surface area (Å²) in [6.07, 6.45) is 2.98. The molecule has 0 fully saturated rings. The van der Waals surface area contributed by atoms with E-state index in [1.807, 2.05) is 38.1 Å². The molecule has 1 amide bonds. The average Bonchev–Trinajstić information content (AvgIpc) is 2.64. The fourth-order valence-electron chi connectivity index (χ4n) is 3.91. The highest BCUT2D eigenvalue weighted by Crippen LogP contribution is 2.33. The largest absolute Gasteiger partial charge is 0.324 e. The zero-order valence-electron chi connectivity index (χ0n) is 16.9. The van der Waals surface area contributed by atoms with E-state index in [0.29, 0.717) is 28.9 Å². The first-order chi connectivity index (χ1) is 13.3. The summed E-state index contributed by atoms with van der Waals surface area (Å²) in [5.41, 5.74) is 2.36. The minimum absolute atomic E-state index is 0.0364. The van der Waals surface area contributed by atoms with Gasteiger partial charge >= 0.3 is 0 Å². The molecule has 146 valence electrons. The lowest BCUT2D eigenvalue weighted by molar-refractivity contribution is -0.125. The predicted molar refractivity (Wildman–Crippen MR) is 113 cm³/mol. The number of carbonyl (C=O) groups is 1. The number of amides is 1. The van der Waals surface area contributed by atoms with Crippen molar-refractivity contribution < 1.29 is 9.18 Å². The second-order valence-electron chi connectivity index (χ2n) is 8.21. The van der Waals surface area contributed by atoms with E-state index in [1.165, 1.54) is 6.07 Å². The minimum atomic E-state index is -0.557. The molecule has 0 saturated heterocycles. The molecule has 3 nitrogen and oxygen atoms in total. The van der Waals surface area contributed by atoms with Gasteiger partial charge in [0.25, 0.3) is 0 Å². The predicted octanol–water partition coefficient (Wildman–Crippen LogP) is 5.92. The van der Waals surface area contributed by atoms with Crippen molar-refractivity contribution in [3.05, 3.63) is 71.7 Å². The van der Waals surface area contributed by atoms with Gasteiger partial charge in [0, 0.05) is 5.39 Å². The Labute approximate surface area is 166 Å². The van der Waals surface area contributed by atoms with Gasteiger partial charge in [-0.05, 0) is 42.9 Å². The van der Waals surface area contributed by atoms with Gasteiger partial charge in [0.2, 0.25) is 5.91 Å². The number of nitrogens with zero attached hydrogens (tertiary/aromatic N) is 1. The lowest BCUT2D eigenvalue weighted by Gasteiger charge is -2.30. The molecule has 0 spiro atoms. The standard InChI is InChI=1S/C24H27FN2O/c1-16(2)13-24(4,14-18-9-6-5-7-10-18)23(28)27-21-15-26-22-19(17(21)3)11-8-12-20(22)25/h5-12,15-16H,13-14H2,1-4H3,(H,27,28)/t24-/m0/s1. The number of carbonyl (C=O) groups excluding carboxylic acids is 1. The van der Waals surface area contributed by atoms with Crippen LogP contribution in [0.1, 0.15) is 38.3 Å². The fourth-order valence-corrected chi connectivity index (χ4v) is 3.91. The molecule has 2 aromatic carbocycles. The Kier molecular flexibility index (Phi) is 5.78. The molecule has 1 atom stereocenters. The van der Waals surface area contributed by atoms with Gasteiger partial charge in [0.15, 0.2) is 0 Å². The topological polar surface area (TPSA) is 42.0 Å². The third kappa shape index (κ3) is 4.22. The van der Waals surface area contributed by atoms with E-state index in [4.69, 9.17) is 0 Å². The second kappa shape index (κ2) is 8.09. The second-order valence-corrected chi connectivity index (χ2v) is 8.21. The summed E-state index contributed by atoms with van der Waals surface area (Å²) in [5.74, 6) is -0.0118. The first-order valence-electron chi connectivity index (χ1n) is 9.69. The van der Waals surface area contributed by atoms with Crippen LogP contribution in [0.3, 0.4) is 0 Å². The molecule has 28 heavy (non-hydrogen) atoms. The molecule has 0 unspecified atom stereocenters. The molecule has 0 bridgehead atoms. The van der Waals surface area contributed by atoms with Gasteiger partial charge in [-0.25, -0.2) is 4.39 Å². The molecule has 1 heterocycles. The zero-order valence-corrected chi connectivity index (χ0v) is 16.9. The van der Waals surface area contributed by atoms with Gasteiger partial charge < -0.3 is 5.32 Å². The van der Waals surface area contributed by atoms with Gasteiger partial charge in [-0.3, -0.25) is 9.78 Å². The number of fused-ring (bicyclic) bond motifs is 1. The van der Waals surface area contributed by atoms with Gasteiger partial charge in [-0.2, -0.15) is 0 Å². The van der Waals surface area contributed by atoms with Crippen molar-refractivity contribution in [2.45, 2.75) is 40.5 Å². The summed E-state index contributed by atoms with van der Waals surface area (Å²) in [6, 6.07) is 15.0. The molecule has 4 heteroatoms. The van der Waals surface area contributed by atoms with Crippen LogP contribution in [-0.2, 0) is 11.2 Å². The fraction of sp³-hybridized carbons (Fsp3) is 0.333. The van der Waals surface area contributed by atoms with Crippen molar-refractivity contribution in [3.8, 4) is 0 Å². The van der Waals surface area contributed by atoms with Crippen molar-refractivity contribution in [1.29, 1.82) is 0 Å². The van der Waals surface area contributed by atoms with Crippen LogP contribution in [0.5, 0.6) is 0 Å². The number of para-hydroxylation sites is 1. The number of hydrogen-bond donors (Lipinski definition) is 1. The Morgan fingerprint density at radius 2 is 1.86 bits per heavy atom. The van der Waals surface area contributed by atoms with Crippen LogP contribution >= 0.6 is 0 Å². The molecular formula is C24H27FN2O. The summed E-state index contributed by atoms with van der Waals surface area (Å²) < 4.78 is 14.0. The Bertz CT molecular complexity index is 985. The van der Waals surface area contributed by atoms with Crippen LogP contribution in [0.15, 0.2) is 54.7 Å². The van der Waals surface area contributed by atoms with Crippen molar-refractivity contribution in [3.63, 3.8) is 0 Å². The Hall–Kier alpha value is -2.75. The van der Waals surface area contributed by atoms with Gasteiger partial charge in [0.05, 0.1) is 17.3 Å². The summed E-state index contributed by atoms with van der Waals surface area (Å²) in [6.45, 7) is 8.15. The van der Waals surface area contributed by atoms with Crippen molar-refractivity contribution in [1.82, 2.24) is 4.98 Å². The van der Waals surface area contributed by atoms with E-state index >= 15 is 0 Å². The van der Waals surface area contributed by atoms with E-state index in [0.717, 1.165) is 17.5 Å². The highest BCUT2D eigenvalue weighted by molar-refractivity contribution is 5.98. The van der Waals surface area contributed by atoms with Crippen LogP contribution in [0.25, 0.3) is 10.9 Å². The Balaban J connectivity index is 1.91. The quantitative estimate of drug-likeness (QED) is 0.579. The SMILES string of the molecule is Cc1c(NC(=O)[C@](C)(Cc2ccccc2)CC(C)C)cnc2c(F)cccc12. The van der Waals surface area contributed by atoms with Crippen molar-refractivity contribution >= 4 is 22.5 Å². The van der Waals surface area contributed by atoms with E-state index < -0.39 is 5.41 Å². The number of anilines is 1. The maximum atomic E-state index is 14.0. The molecular weight excluding hydrogens is 351 g/mol. The van der Waals surface area contributed by atoms with E-state index in [2.05, 4.69) is 36.3 Å². The van der Waals surface area contributed by atoms with Gasteiger partial charge in [-0.15, -0.1) is 0 Å². The lowest BCUT2D eigenvalue weighted by atomic mass is 9.76. The highest BCUT2D eigenvalue weighted by Gasteiger charge is 2.34. The minimum Gasteiger partial charge on any atom is -0.324 e. The lowest BCUT2D eigenvalue weighted by Crippen LogP contribution is -2.37. The molecule has 3 aromatic rings. The molecule has 1 aromatic heterocycles. The molecule has 0 aliphatic rings. The van der Waals surface area contributed by atoms with Gasteiger partial charge in [-0.1, -0.05) is 63.2 Å². The average molecular weight is 378 g/mol. The number of rotatable bonds is 6. The third-order valence-corrected chi connectivity index (χ3v) is 5.21. The number of halogens is 1. The summed E-state index contributed by atoms with van der Waals surface area (Å²) in [4.78, 5) is 17.5. The summed E-state index contributed by atoms with van der Waals surface area (Å²) >= 11 is 0. The van der Waals surface area contributed by atoms with Gasteiger partial charge in [0.1, 0.15) is 11.3 Å². The smallest absolute Gasteiger partial charge is 0.230 e. The van der Waals surface area contributed by atoms with Crippen molar-refractivity contribution in [2.75, 3.05) is 5.32 Å².